The van der Waals surface area contributed by atoms with Gasteiger partial charge in [0.1, 0.15) is 0 Å². The summed E-state index contributed by atoms with van der Waals surface area (Å²) >= 11 is 0. The fourth-order valence-corrected chi connectivity index (χ4v) is 4.74. The van der Waals surface area contributed by atoms with Crippen LogP contribution in [0.25, 0.3) is 0 Å². The van der Waals surface area contributed by atoms with Crippen LogP contribution in [-0.4, -0.2) is 27.7 Å². The molecule has 3 fully saturated rings. The highest BCUT2D eigenvalue weighted by atomic mass is 16.2. The number of hydrazine groups is 1. The first kappa shape index (κ1) is 13.0. The number of hydrogen-bond donors (Lipinski definition) is 1. The lowest BCUT2D eigenvalue weighted by Crippen LogP contribution is -2.46. The van der Waals surface area contributed by atoms with Gasteiger partial charge in [-0.15, -0.1) is 0 Å². The Morgan fingerprint density at radius 3 is 2.17 bits per heavy atom. The van der Waals surface area contributed by atoms with Gasteiger partial charge in [-0.1, -0.05) is 12.2 Å². The van der Waals surface area contributed by atoms with Crippen LogP contribution in [0.4, 0.5) is 0 Å². The van der Waals surface area contributed by atoms with Gasteiger partial charge in [0.05, 0.1) is 11.8 Å². The quantitative estimate of drug-likeness (QED) is 0.647. The second kappa shape index (κ2) is 4.28. The van der Waals surface area contributed by atoms with Crippen molar-refractivity contribution in [1.82, 2.24) is 15.4 Å². The number of pyridine rings is 1. The molecule has 6 heteroatoms. The fraction of sp³-hybridized carbons (Fsp3) is 0.412. The highest BCUT2D eigenvalue weighted by Gasteiger charge is 2.67. The van der Waals surface area contributed by atoms with E-state index in [0.29, 0.717) is 17.4 Å². The molecule has 2 heterocycles. The third kappa shape index (κ3) is 1.63. The molecule has 5 aliphatic rings. The maximum atomic E-state index is 12.7. The molecule has 1 aromatic rings. The number of hydrogen-bond acceptors (Lipinski definition) is 4. The maximum absolute atomic E-state index is 12.7. The molecule has 2 saturated carbocycles. The number of carbonyl (C=O) groups is 3. The van der Waals surface area contributed by atoms with Crippen LogP contribution >= 0.6 is 0 Å². The van der Waals surface area contributed by atoms with E-state index < -0.39 is 5.91 Å². The van der Waals surface area contributed by atoms with Crippen molar-refractivity contribution in [1.29, 1.82) is 0 Å². The molecular weight excluding hydrogens is 294 g/mol. The number of nitrogens with zero attached hydrogens (tertiary/aromatic N) is 2. The first-order valence-corrected chi connectivity index (χ1v) is 7.94. The van der Waals surface area contributed by atoms with Crippen molar-refractivity contribution in [3.8, 4) is 0 Å². The number of carbonyl (C=O) groups excluding carboxylic acids is 3. The Labute approximate surface area is 132 Å². The van der Waals surface area contributed by atoms with E-state index in [1.165, 1.54) is 12.4 Å². The van der Waals surface area contributed by atoms with Gasteiger partial charge in [-0.2, -0.15) is 5.01 Å². The zero-order valence-electron chi connectivity index (χ0n) is 12.3. The molecule has 0 unspecified atom stereocenters. The van der Waals surface area contributed by atoms with Crippen molar-refractivity contribution in [3.05, 3.63) is 42.2 Å². The number of nitrogens with one attached hydrogen (secondary N) is 1. The van der Waals surface area contributed by atoms with Crippen molar-refractivity contribution in [3.63, 3.8) is 0 Å². The summed E-state index contributed by atoms with van der Waals surface area (Å²) in [5, 5.41) is 0.954. The Balaban J connectivity index is 1.42. The molecule has 1 saturated heterocycles. The molecule has 6 atom stereocenters. The van der Waals surface area contributed by atoms with Gasteiger partial charge in [-0.25, -0.2) is 0 Å². The number of aromatic nitrogens is 1. The van der Waals surface area contributed by atoms with Crippen molar-refractivity contribution < 1.29 is 14.4 Å². The summed E-state index contributed by atoms with van der Waals surface area (Å²) < 4.78 is 0. The van der Waals surface area contributed by atoms with E-state index in [2.05, 4.69) is 22.6 Å². The minimum atomic E-state index is -0.460. The summed E-state index contributed by atoms with van der Waals surface area (Å²) in [4.78, 5) is 41.5. The van der Waals surface area contributed by atoms with E-state index in [1.54, 1.807) is 12.1 Å². The van der Waals surface area contributed by atoms with E-state index in [-0.39, 0.29) is 35.5 Å². The average Bonchev–Trinajstić information content (AvgIpc) is 3.37. The molecule has 2 bridgehead atoms. The van der Waals surface area contributed by atoms with E-state index in [0.717, 1.165) is 11.4 Å². The molecule has 4 aliphatic carbocycles. The Bertz CT molecular complexity index is 724. The molecule has 0 radical (unpaired) electrons. The van der Waals surface area contributed by atoms with E-state index in [9.17, 15) is 14.4 Å². The lowest BCUT2D eigenvalue weighted by molar-refractivity contribution is -0.143. The topological polar surface area (TPSA) is 79.4 Å². The fourth-order valence-electron chi connectivity index (χ4n) is 4.74. The minimum absolute atomic E-state index is 0.161. The second-order valence-corrected chi connectivity index (χ2v) is 6.84. The van der Waals surface area contributed by atoms with E-state index >= 15 is 0 Å². The molecule has 1 aromatic heterocycles. The number of rotatable bonds is 2. The van der Waals surface area contributed by atoms with Gasteiger partial charge in [0, 0.05) is 18.0 Å². The highest BCUT2D eigenvalue weighted by Crippen LogP contribution is 2.65. The molecule has 116 valence electrons. The summed E-state index contributed by atoms with van der Waals surface area (Å²) in [5.41, 5.74) is 2.86. The number of amides is 3. The van der Waals surface area contributed by atoms with Crippen LogP contribution in [0.3, 0.4) is 0 Å². The van der Waals surface area contributed by atoms with Gasteiger partial charge < -0.3 is 0 Å². The smallest absolute Gasteiger partial charge is 0.270 e. The Morgan fingerprint density at radius 2 is 1.61 bits per heavy atom. The minimum Gasteiger partial charge on any atom is -0.272 e. The molecule has 1 N–H and O–H groups in total. The zero-order valence-corrected chi connectivity index (χ0v) is 12.3. The van der Waals surface area contributed by atoms with Gasteiger partial charge in [0.2, 0.25) is 0 Å². The first-order valence-electron chi connectivity index (χ1n) is 7.94. The van der Waals surface area contributed by atoms with Crippen molar-refractivity contribution in [2.45, 2.75) is 6.42 Å². The molecule has 0 spiro atoms. The summed E-state index contributed by atoms with van der Waals surface area (Å²) in [7, 11) is 0. The summed E-state index contributed by atoms with van der Waals surface area (Å²) in [6.45, 7) is 0. The van der Waals surface area contributed by atoms with Crippen molar-refractivity contribution >= 4 is 17.7 Å². The van der Waals surface area contributed by atoms with E-state index in [4.69, 9.17) is 0 Å². The SMILES string of the molecule is O=C(NN1C(=O)[C@@H]2[C@@H]3C=C[C@H]([C@@H]4C[C@H]34)[C@@H]2C1=O)c1ccncc1. The standard InChI is InChI=1S/C17H15N3O3/c21-15(8-3-5-18-6-4-8)19-20-16(22)13-9-1-2-10(12-7-11(9)12)14(13)17(20)23/h1-6,9-14H,7H2,(H,19,21)/t9-,10-,11-,12+,13-,14+/m1/s1. The van der Waals surface area contributed by atoms with Gasteiger partial charge in [-0.05, 0) is 42.2 Å². The Kier molecular flexibility index (Phi) is 2.42. The third-order valence-electron chi connectivity index (χ3n) is 5.82. The monoisotopic (exact) mass is 309 g/mol. The van der Waals surface area contributed by atoms with Gasteiger partial charge in [0.15, 0.2) is 0 Å². The zero-order chi connectivity index (χ0) is 15.7. The first-order chi connectivity index (χ1) is 11.2. The van der Waals surface area contributed by atoms with Crippen LogP contribution in [0, 0.1) is 35.5 Å². The molecular formula is C17H15N3O3. The average molecular weight is 309 g/mol. The molecule has 1 aliphatic heterocycles. The predicted molar refractivity (Wildman–Crippen MR) is 78.3 cm³/mol. The Hall–Kier alpha value is -2.50. The van der Waals surface area contributed by atoms with Crippen LogP contribution in [0.15, 0.2) is 36.7 Å². The number of allylic oxidation sites excluding steroid dienone is 2. The lowest BCUT2D eigenvalue weighted by atomic mass is 9.63. The van der Waals surface area contributed by atoms with Crippen molar-refractivity contribution in [2.24, 2.45) is 35.5 Å². The van der Waals surface area contributed by atoms with Crippen LogP contribution in [0.2, 0.25) is 0 Å². The predicted octanol–water partition coefficient (Wildman–Crippen LogP) is 0.779. The summed E-state index contributed by atoms with van der Waals surface area (Å²) in [5.74, 6) is -0.128. The van der Waals surface area contributed by atoms with Gasteiger partial charge >= 0.3 is 0 Å². The summed E-state index contributed by atoms with van der Waals surface area (Å²) in [6.07, 6.45) is 8.35. The van der Waals surface area contributed by atoms with Crippen LogP contribution in [0.5, 0.6) is 0 Å². The third-order valence-corrected chi connectivity index (χ3v) is 5.82. The maximum Gasteiger partial charge on any atom is 0.270 e. The molecule has 3 amide bonds. The molecule has 23 heavy (non-hydrogen) atoms. The summed E-state index contributed by atoms with van der Waals surface area (Å²) in [6, 6.07) is 3.10. The lowest BCUT2D eigenvalue weighted by Gasteiger charge is -2.37. The second-order valence-electron chi connectivity index (χ2n) is 6.84. The molecule has 6 nitrogen and oxygen atoms in total. The van der Waals surface area contributed by atoms with Crippen LogP contribution in [0.1, 0.15) is 16.8 Å². The van der Waals surface area contributed by atoms with Crippen LogP contribution in [-0.2, 0) is 9.59 Å². The normalized spacial score (nSPS) is 39.2. The molecule has 0 aromatic carbocycles. The number of imide groups is 1. The van der Waals surface area contributed by atoms with E-state index in [1.807, 2.05) is 0 Å². The Morgan fingerprint density at radius 1 is 1.04 bits per heavy atom. The van der Waals surface area contributed by atoms with Gasteiger partial charge in [0.25, 0.3) is 17.7 Å². The molecule has 6 rings (SSSR count). The van der Waals surface area contributed by atoms with Crippen LogP contribution < -0.4 is 5.43 Å². The van der Waals surface area contributed by atoms with Crippen molar-refractivity contribution in [2.75, 3.05) is 0 Å². The van der Waals surface area contributed by atoms with Gasteiger partial charge in [-0.3, -0.25) is 24.8 Å². The largest absolute Gasteiger partial charge is 0.272 e. The highest BCUT2D eigenvalue weighted by molar-refractivity contribution is 6.08.